The molecule has 8 heteroatoms. The highest BCUT2D eigenvalue weighted by atomic mass is 32.3. The maximum atomic E-state index is 13.0. The van der Waals surface area contributed by atoms with E-state index in [9.17, 15) is 17.1 Å². The van der Waals surface area contributed by atoms with E-state index in [-0.39, 0.29) is 12.2 Å². The molecule has 0 bridgehead atoms. The minimum atomic E-state index is -4.92. The van der Waals surface area contributed by atoms with Gasteiger partial charge in [0.15, 0.2) is 6.04 Å². The van der Waals surface area contributed by atoms with Gasteiger partial charge in [0.1, 0.15) is 10.6 Å². The average Bonchev–Trinajstić information content (AvgIpc) is 2.27. The van der Waals surface area contributed by atoms with Crippen LogP contribution in [0.5, 0.6) is 5.75 Å². The topological polar surface area (TPSA) is 108 Å². The molecule has 0 amide bonds. The molecular weight excluding hydrogens is 265 g/mol. The maximum Gasteiger partial charge on any atom is 0.362 e. The zero-order chi connectivity index (χ0) is 13.9. The average molecular weight is 278 g/mol. The Morgan fingerprint density at radius 2 is 2.17 bits per heavy atom. The molecule has 0 fully saturated rings. The monoisotopic (exact) mass is 278 g/mol. The summed E-state index contributed by atoms with van der Waals surface area (Å²) in [5.74, 6) is -1.24. The number of ether oxygens (including phenoxy) is 1. The number of methoxy groups -OCH3 is 1. The van der Waals surface area contributed by atoms with Crippen molar-refractivity contribution in [3.8, 4) is 5.75 Å². The molecule has 18 heavy (non-hydrogen) atoms. The smallest absolute Gasteiger partial charge is 0.362 e. The van der Waals surface area contributed by atoms with Crippen LogP contribution in [0.1, 0.15) is 5.56 Å². The van der Waals surface area contributed by atoms with Crippen LogP contribution in [0.3, 0.4) is 0 Å². The van der Waals surface area contributed by atoms with Gasteiger partial charge in [0.25, 0.3) is 0 Å². The Kier molecular flexibility index (Phi) is 4.25. The standard InChI is InChI=1S/C10H12FNO5S/c1-17-8-3-2-6(4-7(12)10(13)14)5-9(8)18(11,15)16/h2-3,5,7H,4,12H2,1H3,(H,13,14)/p+1/t7-/m0/s1. The third-order valence-electron chi connectivity index (χ3n) is 2.32. The van der Waals surface area contributed by atoms with Crippen LogP contribution in [0.4, 0.5) is 3.89 Å². The highest BCUT2D eigenvalue weighted by Gasteiger charge is 2.21. The molecule has 0 aliphatic heterocycles. The first-order valence-corrected chi connectivity index (χ1v) is 6.31. The van der Waals surface area contributed by atoms with Crippen LogP contribution in [0.2, 0.25) is 0 Å². The largest absolute Gasteiger partial charge is 0.495 e. The summed E-state index contributed by atoms with van der Waals surface area (Å²) in [4.78, 5) is 10.0. The molecule has 0 heterocycles. The van der Waals surface area contributed by atoms with E-state index >= 15 is 0 Å². The Morgan fingerprint density at radius 1 is 1.56 bits per heavy atom. The van der Waals surface area contributed by atoms with E-state index in [0.717, 1.165) is 6.07 Å². The maximum absolute atomic E-state index is 13.0. The molecule has 1 aromatic rings. The second-order valence-corrected chi connectivity index (χ2v) is 4.98. The molecule has 0 radical (unpaired) electrons. The highest BCUT2D eigenvalue weighted by molar-refractivity contribution is 7.86. The number of carboxylic acids is 1. The summed E-state index contributed by atoms with van der Waals surface area (Å²) in [6.07, 6.45) is 0.00183. The van der Waals surface area contributed by atoms with Crippen molar-refractivity contribution in [2.24, 2.45) is 0 Å². The van der Waals surface area contributed by atoms with Gasteiger partial charge in [-0.1, -0.05) is 6.07 Å². The van der Waals surface area contributed by atoms with Crippen molar-refractivity contribution < 1.29 is 32.7 Å². The van der Waals surface area contributed by atoms with E-state index in [0.29, 0.717) is 5.56 Å². The molecule has 0 unspecified atom stereocenters. The summed E-state index contributed by atoms with van der Waals surface area (Å²) >= 11 is 0. The SMILES string of the molecule is COc1ccc(C[C@H]([NH3+])C(=O)O)cc1S(=O)(=O)F. The second-order valence-electron chi connectivity index (χ2n) is 3.66. The van der Waals surface area contributed by atoms with E-state index in [1.807, 2.05) is 0 Å². The lowest BCUT2D eigenvalue weighted by Gasteiger charge is -2.08. The van der Waals surface area contributed by atoms with Crippen molar-refractivity contribution >= 4 is 16.2 Å². The van der Waals surface area contributed by atoms with Crippen molar-refractivity contribution in [1.82, 2.24) is 0 Å². The zero-order valence-corrected chi connectivity index (χ0v) is 10.4. The number of carbonyl (C=O) groups is 1. The minimum absolute atomic E-state index is 0.00183. The van der Waals surface area contributed by atoms with E-state index in [2.05, 4.69) is 5.73 Å². The zero-order valence-electron chi connectivity index (χ0n) is 9.59. The summed E-state index contributed by atoms with van der Waals surface area (Å²) in [7, 11) is -3.70. The molecule has 1 aromatic carbocycles. The molecule has 6 nitrogen and oxygen atoms in total. The number of hydrogen-bond acceptors (Lipinski definition) is 4. The predicted octanol–water partition coefficient (Wildman–Crippen LogP) is -0.409. The lowest BCUT2D eigenvalue weighted by Crippen LogP contribution is -2.65. The minimum Gasteiger partial charge on any atom is -0.495 e. The first-order valence-electron chi connectivity index (χ1n) is 4.93. The van der Waals surface area contributed by atoms with Gasteiger partial charge >= 0.3 is 16.2 Å². The molecule has 0 spiro atoms. The van der Waals surface area contributed by atoms with Crippen LogP contribution in [0.15, 0.2) is 23.1 Å². The Hall–Kier alpha value is -1.67. The van der Waals surface area contributed by atoms with Gasteiger partial charge in [0.05, 0.1) is 7.11 Å². The molecule has 1 atom stereocenters. The summed E-state index contributed by atoms with van der Waals surface area (Å²) < 4.78 is 39.5. The summed E-state index contributed by atoms with van der Waals surface area (Å²) in [5, 5.41) is 8.69. The van der Waals surface area contributed by atoms with Crippen molar-refractivity contribution in [3.05, 3.63) is 23.8 Å². The van der Waals surface area contributed by atoms with Crippen LogP contribution in [0, 0.1) is 0 Å². The molecular formula is C10H13FNO5S+. The van der Waals surface area contributed by atoms with Crippen LogP contribution in [-0.4, -0.2) is 32.6 Å². The lowest BCUT2D eigenvalue weighted by atomic mass is 10.1. The molecule has 0 aliphatic carbocycles. The lowest BCUT2D eigenvalue weighted by molar-refractivity contribution is -0.407. The Bertz CT molecular complexity index is 557. The van der Waals surface area contributed by atoms with Crippen molar-refractivity contribution in [3.63, 3.8) is 0 Å². The first kappa shape index (κ1) is 14.4. The first-order chi connectivity index (χ1) is 8.25. The number of aliphatic carboxylic acids is 1. The van der Waals surface area contributed by atoms with Gasteiger partial charge in [-0.3, -0.25) is 0 Å². The van der Waals surface area contributed by atoms with E-state index in [1.165, 1.54) is 19.2 Å². The van der Waals surface area contributed by atoms with Gasteiger partial charge in [-0.2, -0.15) is 8.42 Å². The fraction of sp³-hybridized carbons (Fsp3) is 0.300. The number of quaternary nitrogens is 1. The molecule has 0 aromatic heterocycles. The van der Waals surface area contributed by atoms with E-state index < -0.39 is 27.1 Å². The second kappa shape index (κ2) is 5.32. The third-order valence-corrected chi connectivity index (χ3v) is 3.17. The van der Waals surface area contributed by atoms with Gasteiger partial charge in [0.2, 0.25) is 0 Å². The molecule has 100 valence electrons. The summed E-state index contributed by atoms with van der Waals surface area (Å²) in [6.45, 7) is 0. The van der Waals surface area contributed by atoms with Crippen molar-refractivity contribution in [1.29, 1.82) is 0 Å². The molecule has 1 rings (SSSR count). The highest BCUT2D eigenvalue weighted by Crippen LogP contribution is 2.26. The molecule has 0 saturated carbocycles. The van der Waals surface area contributed by atoms with Crippen LogP contribution in [-0.2, 0) is 21.4 Å². The fourth-order valence-corrected chi connectivity index (χ4v) is 2.09. The van der Waals surface area contributed by atoms with Crippen LogP contribution >= 0.6 is 0 Å². The number of hydrogen-bond donors (Lipinski definition) is 2. The van der Waals surface area contributed by atoms with Gasteiger partial charge in [-0.05, 0) is 17.7 Å². The molecule has 4 N–H and O–H groups in total. The van der Waals surface area contributed by atoms with Gasteiger partial charge < -0.3 is 15.6 Å². The summed E-state index contributed by atoms with van der Waals surface area (Å²) in [5.41, 5.74) is 3.75. The number of carboxylic acid groups (broad SMARTS) is 1. The number of benzene rings is 1. The summed E-state index contributed by atoms with van der Waals surface area (Å²) in [6, 6.07) is 2.86. The molecule has 0 saturated heterocycles. The Labute approximate surface area is 103 Å². The quantitative estimate of drug-likeness (QED) is 0.712. The molecule has 0 aliphatic rings. The van der Waals surface area contributed by atoms with Gasteiger partial charge in [-0.25, -0.2) is 4.79 Å². The van der Waals surface area contributed by atoms with Crippen molar-refractivity contribution in [2.45, 2.75) is 17.4 Å². The van der Waals surface area contributed by atoms with Crippen LogP contribution < -0.4 is 10.5 Å². The van der Waals surface area contributed by atoms with Gasteiger partial charge in [-0.15, -0.1) is 3.89 Å². The number of halogens is 1. The fourth-order valence-electron chi connectivity index (χ4n) is 1.41. The Morgan fingerprint density at radius 3 is 2.61 bits per heavy atom. The van der Waals surface area contributed by atoms with E-state index in [1.54, 1.807) is 0 Å². The van der Waals surface area contributed by atoms with Crippen LogP contribution in [0.25, 0.3) is 0 Å². The normalized spacial score (nSPS) is 13.1. The van der Waals surface area contributed by atoms with E-state index in [4.69, 9.17) is 9.84 Å². The third kappa shape index (κ3) is 3.41. The van der Waals surface area contributed by atoms with Gasteiger partial charge in [0, 0.05) is 6.42 Å². The number of rotatable bonds is 5. The Balaban J connectivity index is 3.15. The predicted molar refractivity (Wildman–Crippen MR) is 59.3 cm³/mol. The van der Waals surface area contributed by atoms with Crippen molar-refractivity contribution in [2.75, 3.05) is 7.11 Å².